The van der Waals surface area contributed by atoms with Crippen molar-refractivity contribution in [1.82, 2.24) is 9.78 Å². The highest BCUT2D eigenvalue weighted by molar-refractivity contribution is 6.31. The number of aryl methyl sites for hydroxylation is 2. The first-order chi connectivity index (χ1) is 8.40. The molecule has 2 aromatic rings. The Morgan fingerprint density at radius 1 is 1.44 bits per heavy atom. The molecule has 0 amide bonds. The van der Waals surface area contributed by atoms with Gasteiger partial charge in [-0.25, -0.2) is 9.18 Å². The van der Waals surface area contributed by atoms with Gasteiger partial charge in [-0.15, -0.1) is 0 Å². The molecule has 0 spiro atoms. The number of carboxylic acid groups (broad SMARTS) is 1. The molecule has 0 saturated heterocycles. The van der Waals surface area contributed by atoms with Gasteiger partial charge in [-0.05, 0) is 30.7 Å². The number of aromatic nitrogens is 2. The van der Waals surface area contributed by atoms with Gasteiger partial charge in [0, 0.05) is 12.6 Å². The summed E-state index contributed by atoms with van der Waals surface area (Å²) in [7, 11) is 1.62. The Bertz CT molecular complexity index is 637. The lowest BCUT2D eigenvalue weighted by molar-refractivity contribution is 0.0689. The van der Waals surface area contributed by atoms with E-state index >= 15 is 0 Å². The summed E-state index contributed by atoms with van der Waals surface area (Å²) in [4.78, 5) is 10.8. The molecule has 94 valence electrons. The van der Waals surface area contributed by atoms with Crippen LogP contribution in [0.2, 0.25) is 5.02 Å². The Kier molecular flexibility index (Phi) is 3.09. The number of hydrogen-bond acceptors (Lipinski definition) is 2. The normalized spacial score (nSPS) is 10.7. The summed E-state index contributed by atoms with van der Waals surface area (Å²) in [6.45, 7) is 1.72. The van der Waals surface area contributed by atoms with E-state index in [1.165, 1.54) is 22.9 Å². The van der Waals surface area contributed by atoms with Crippen molar-refractivity contribution < 1.29 is 14.3 Å². The third-order valence-corrected chi connectivity index (χ3v) is 2.93. The summed E-state index contributed by atoms with van der Waals surface area (Å²) in [5.41, 5.74) is 1.83. The maximum atomic E-state index is 13.3. The number of carbonyl (C=O) groups is 1. The van der Waals surface area contributed by atoms with E-state index < -0.39 is 11.8 Å². The monoisotopic (exact) mass is 268 g/mol. The van der Waals surface area contributed by atoms with Crippen LogP contribution >= 0.6 is 11.6 Å². The molecule has 0 saturated carbocycles. The van der Waals surface area contributed by atoms with Gasteiger partial charge in [-0.2, -0.15) is 5.10 Å². The summed E-state index contributed by atoms with van der Waals surface area (Å²) in [5.74, 6) is -1.61. The molecule has 1 heterocycles. The quantitative estimate of drug-likeness (QED) is 0.911. The summed E-state index contributed by atoms with van der Waals surface area (Å²) >= 11 is 5.74. The van der Waals surface area contributed by atoms with E-state index in [2.05, 4.69) is 5.10 Å². The van der Waals surface area contributed by atoms with E-state index in [0.717, 1.165) is 0 Å². The van der Waals surface area contributed by atoms with Crippen LogP contribution in [-0.4, -0.2) is 20.9 Å². The van der Waals surface area contributed by atoms with Gasteiger partial charge in [0.2, 0.25) is 0 Å². The molecule has 6 heteroatoms. The van der Waals surface area contributed by atoms with E-state index in [1.807, 2.05) is 0 Å². The van der Waals surface area contributed by atoms with Crippen LogP contribution in [0, 0.1) is 12.7 Å². The lowest BCUT2D eigenvalue weighted by Crippen LogP contribution is -1.99. The molecule has 1 aromatic carbocycles. The zero-order valence-corrected chi connectivity index (χ0v) is 10.5. The van der Waals surface area contributed by atoms with Gasteiger partial charge in [0.05, 0.1) is 10.7 Å². The lowest BCUT2D eigenvalue weighted by Gasteiger charge is -2.07. The predicted molar refractivity (Wildman–Crippen MR) is 65.3 cm³/mol. The van der Waals surface area contributed by atoms with Crippen LogP contribution in [0.4, 0.5) is 4.39 Å². The van der Waals surface area contributed by atoms with Crippen LogP contribution in [0.25, 0.3) is 11.3 Å². The van der Waals surface area contributed by atoms with Crippen LogP contribution < -0.4 is 0 Å². The fourth-order valence-corrected chi connectivity index (χ4v) is 1.91. The third-order valence-electron chi connectivity index (χ3n) is 2.64. The summed E-state index contributed by atoms with van der Waals surface area (Å²) in [6, 6.07) is 4.21. The molecule has 18 heavy (non-hydrogen) atoms. The second-order valence-electron chi connectivity index (χ2n) is 3.92. The van der Waals surface area contributed by atoms with Crippen LogP contribution in [0.3, 0.4) is 0 Å². The van der Waals surface area contributed by atoms with Crippen LogP contribution in [0.5, 0.6) is 0 Å². The number of nitrogens with zero attached hydrogens (tertiary/aromatic N) is 2. The second-order valence-corrected chi connectivity index (χ2v) is 4.33. The largest absolute Gasteiger partial charge is 0.476 e. The molecular formula is C12H10ClFN2O2. The summed E-state index contributed by atoms with van der Waals surface area (Å²) in [6.07, 6.45) is 0. The van der Waals surface area contributed by atoms with Crippen molar-refractivity contribution in [2.45, 2.75) is 6.92 Å². The highest BCUT2D eigenvalue weighted by atomic mass is 35.5. The van der Waals surface area contributed by atoms with Crippen molar-refractivity contribution in [3.63, 3.8) is 0 Å². The summed E-state index contributed by atoms with van der Waals surface area (Å²) < 4.78 is 14.7. The highest BCUT2D eigenvalue weighted by Crippen LogP contribution is 2.28. The van der Waals surface area contributed by atoms with Gasteiger partial charge in [0.25, 0.3) is 0 Å². The van der Waals surface area contributed by atoms with E-state index in [4.69, 9.17) is 16.7 Å². The maximum absolute atomic E-state index is 13.3. The Labute approximate surface area is 108 Å². The minimum Gasteiger partial charge on any atom is -0.476 e. The average Bonchev–Trinajstić information content (AvgIpc) is 2.66. The molecule has 4 nitrogen and oxygen atoms in total. The summed E-state index contributed by atoms with van der Waals surface area (Å²) in [5, 5.41) is 12.7. The molecule has 0 fully saturated rings. The fourth-order valence-electron chi connectivity index (χ4n) is 1.75. The van der Waals surface area contributed by atoms with Crippen LogP contribution in [0.1, 0.15) is 16.1 Å². The molecule has 0 aliphatic rings. The number of hydrogen-bond donors (Lipinski definition) is 1. The van der Waals surface area contributed by atoms with Crippen LogP contribution in [-0.2, 0) is 7.05 Å². The number of carboxylic acids is 1. The van der Waals surface area contributed by atoms with Gasteiger partial charge in [0.1, 0.15) is 5.82 Å². The van der Waals surface area contributed by atoms with E-state index in [-0.39, 0.29) is 10.7 Å². The minimum absolute atomic E-state index is 0.00586. The van der Waals surface area contributed by atoms with E-state index in [9.17, 15) is 9.18 Å². The molecule has 1 N–H and O–H groups in total. The molecule has 0 bridgehead atoms. The van der Waals surface area contributed by atoms with Crippen molar-refractivity contribution in [2.75, 3.05) is 0 Å². The standard InChI is InChI=1S/C12H10ClFN2O2/c1-6-3-9(14)8(13)4-7(6)11-5-10(12(17)18)15-16(11)2/h3-5H,1-2H3,(H,17,18). The number of halogens is 2. The van der Waals surface area contributed by atoms with Gasteiger partial charge < -0.3 is 5.11 Å². The van der Waals surface area contributed by atoms with E-state index in [1.54, 1.807) is 14.0 Å². The Balaban J connectivity index is 2.62. The van der Waals surface area contributed by atoms with Crippen molar-refractivity contribution in [3.8, 4) is 11.3 Å². The molecule has 1 aromatic heterocycles. The molecule has 0 radical (unpaired) electrons. The first-order valence-corrected chi connectivity index (χ1v) is 5.51. The zero-order valence-electron chi connectivity index (χ0n) is 9.74. The van der Waals surface area contributed by atoms with Crippen molar-refractivity contribution >= 4 is 17.6 Å². The highest BCUT2D eigenvalue weighted by Gasteiger charge is 2.15. The van der Waals surface area contributed by atoms with Gasteiger partial charge in [0.15, 0.2) is 5.69 Å². The van der Waals surface area contributed by atoms with E-state index in [0.29, 0.717) is 16.8 Å². The average molecular weight is 269 g/mol. The van der Waals surface area contributed by atoms with Crippen LogP contribution in [0.15, 0.2) is 18.2 Å². The fraction of sp³-hybridized carbons (Fsp3) is 0.167. The van der Waals surface area contributed by atoms with Crippen molar-refractivity contribution in [3.05, 3.63) is 40.3 Å². The Hall–Kier alpha value is -1.88. The molecular weight excluding hydrogens is 259 g/mol. The molecule has 0 aliphatic carbocycles. The van der Waals surface area contributed by atoms with Gasteiger partial charge >= 0.3 is 5.97 Å². The predicted octanol–water partition coefficient (Wildman–Crippen LogP) is 2.89. The molecule has 2 rings (SSSR count). The molecule has 0 atom stereocenters. The third kappa shape index (κ3) is 2.09. The lowest BCUT2D eigenvalue weighted by atomic mass is 10.1. The topological polar surface area (TPSA) is 55.1 Å². The number of benzene rings is 1. The Morgan fingerprint density at radius 2 is 2.11 bits per heavy atom. The zero-order chi connectivity index (χ0) is 13.4. The van der Waals surface area contributed by atoms with Crippen molar-refractivity contribution in [1.29, 1.82) is 0 Å². The first kappa shape index (κ1) is 12.6. The Morgan fingerprint density at radius 3 is 2.67 bits per heavy atom. The molecule has 0 unspecified atom stereocenters. The smallest absolute Gasteiger partial charge is 0.356 e. The van der Waals surface area contributed by atoms with Crippen molar-refractivity contribution in [2.24, 2.45) is 7.05 Å². The van der Waals surface area contributed by atoms with Gasteiger partial charge in [-0.1, -0.05) is 11.6 Å². The van der Waals surface area contributed by atoms with Gasteiger partial charge in [-0.3, -0.25) is 4.68 Å². The second kappa shape index (κ2) is 4.42. The molecule has 0 aliphatic heterocycles. The SMILES string of the molecule is Cc1cc(F)c(Cl)cc1-c1cc(C(=O)O)nn1C. The minimum atomic E-state index is -1.11. The number of rotatable bonds is 2. The maximum Gasteiger partial charge on any atom is 0.356 e. The number of aromatic carboxylic acids is 1. The first-order valence-electron chi connectivity index (χ1n) is 5.13.